The van der Waals surface area contributed by atoms with Crippen molar-refractivity contribution in [2.75, 3.05) is 0 Å². The fourth-order valence-electron chi connectivity index (χ4n) is 1.34. The Morgan fingerprint density at radius 3 is 2.84 bits per heavy atom. The maximum absolute atomic E-state index is 13.4. The van der Waals surface area contributed by atoms with Crippen LogP contribution < -0.4 is 5.43 Å². The summed E-state index contributed by atoms with van der Waals surface area (Å²) in [6, 6.07) is 9.20. The molecular weight excluding hydrogens is 269 g/mol. The summed E-state index contributed by atoms with van der Waals surface area (Å²) >= 11 is 5.81. The molecular formula is C13H9ClFN3O. The Morgan fingerprint density at radius 2 is 2.16 bits per heavy atom. The summed E-state index contributed by atoms with van der Waals surface area (Å²) in [5.41, 5.74) is 2.58. The third kappa shape index (κ3) is 3.35. The molecule has 0 saturated carbocycles. The predicted octanol–water partition coefficient (Wildman–Crippen LogP) is 2.64. The van der Waals surface area contributed by atoms with Gasteiger partial charge in [0.15, 0.2) is 0 Å². The molecule has 96 valence electrons. The van der Waals surface area contributed by atoms with E-state index >= 15 is 0 Å². The molecule has 2 rings (SSSR count). The zero-order valence-electron chi connectivity index (χ0n) is 9.68. The van der Waals surface area contributed by atoms with Gasteiger partial charge in [-0.2, -0.15) is 5.10 Å². The van der Waals surface area contributed by atoms with Crippen LogP contribution >= 0.6 is 11.6 Å². The summed E-state index contributed by atoms with van der Waals surface area (Å²) < 4.78 is 13.4. The van der Waals surface area contributed by atoms with Crippen LogP contribution in [0.2, 0.25) is 5.02 Å². The second-order valence-electron chi connectivity index (χ2n) is 3.55. The van der Waals surface area contributed by atoms with Crippen LogP contribution in [0.25, 0.3) is 0 Å². The van der Waals surface area contributed by atoms with Crippen LogP contribution in [0.3, 0.4) is 0 Å². The molecule has 0 unspecified atom stereocenters. The van der Waals surface area contributed by atoms with Crippen molar-refractivity contribution in [3.05, 3.63) is 64.7 Å². The molecule has 0 spiro atoms. The molecule has 1 N–H and O–H groups in total. The molecule has 0 aliphatic heterocycles. The fraction of sp³-hybridized carbons (Fsp3) is 0. The van der Waals surface area contributed by atoms with Gasteiger partial charge in [-0.1, -0.05) is 23.7 Å². The smallest absolute Gasteiger partial charge is 0.266 e. The van der Waals surface area contributed by atoms with E-state index in [1.807, 2.05) is 0 Å². The number of hydrogen-bond acceptors (Lipinski definition) is 3. The molecule has 0 radical (unpaired) electrons. The molecule has 0 atom stereocenters. The van der Waals surface area contributed by atoms with E-state index in [1.165, 1.54) is 24.4 Å². The number of carbonyl (C=O) groups is 1. The van der Waals surface area contributed by atoms with Crippen molar-refractivity contribution >= 4 is 23.7 Å². The first-order chi connectivity index (χ1) is 9.18. The molecule has 0 saturated heterocycles. The van der Waals surface area contributed by atoms with Crippen LogP contribution in [0.15, 0.2) is 47.7 Å². The van der Waals surface area contributed by atoms with Crippen LogP contribution in [0.1, 0.15) is 16.1 Å². The molecule has 1 aromatic heterocycles. The van der Waals surface area contributed by atoms with Crippen molar-refractivity contribution in [3.8, 4) is 0 Å². The summed E-state index contributed by atoms with van der Waals surface area (Å²) in [6.07, 6.45) is 2.64. The minimum atomic E-state index is -0.511. The van der Waals surface area contributed by atoms with Gasteiger partial charge in [-0.15, -0.1) is 0 Å². The van der Waals surface area contributed by atoms with Gasteiger partial charge in [-0.05, 0) is 24.3 Å². The summed E-state index contributed by atoms with van der Waals surface area (Å²) in [6.45, 7) is 0. The van der Waals surface area contributed by atoms with Gasteiger partial charge in [0.05, 0.1) is 11.2 Å². The van der Waals surface area contributed by atoms with E-state index in [1.54, 1.807) is 18.2 Å². The van der Waals surface area contributed by atoms with Gasteiger partial charge in [0.1, 0.15) is 11.5 Å². The number of rotatable bonds is 3. The number of pyridine rings is 1. The van der Waals surface area contributed by atoms with Crippen LogP contribution in [0.5, 0.6) is 0 Å². The molecule has 0 aliphatic carbocycles. The third-order valence-electron chi connectivity index (χ3n) is 2.26. The Hall–Kier alpha value is -2.27. The summed E-state index contributed by atoms with van der Waals surface area (Å²) in [7, 11) is 0. The lowest BCUT2D eigenvalue weighted by molar-refractivity contribution is 0.0950. The minimum Gasteiger partial charge on any atom is -0.266 e. The van der Waals surface area contributed by atoms with E-state index in [4.69, 9.17) is 11.6 Å². The fourth-order valence-corrected chi connectivity index (χ4v) is 1.56. The highest BCUT2D eigenvalue weighted by atomic mass is 35.5. The molecule has 2 aromatic rings. The second-order valence-corrected chi connectivity index (χ2v) is 3.96. The van der Waals surface area contributed by atoms with Gasteiger partial charge in [0.2, 0.25) is 0 Å². The summed E-state index contributed by atoms with van der Waals surface area (Å²) in [4.78, 5) is 15.4. The van der Waals surface area contributed by atoms with E-state index in [9.17, 15) is 9.18 Å². The maximum atomic E-state index is 13.4. The average Bonchev–Trinajstić information content (AvgIpc) is 2.43. The van der Waals surface area contributed by atoms with Crippen LogP contribution in [0, 0.1) is 5.82 Å². The first-order valence-electron chi connectivity index (χ1n) is 5.37. The van der Waals surface area contributed by atoms with E-state index in [0.717, 1.165) is 6.21 Å². The Bertz CT molecular complexity index is 596. The van der Waals surface area contributed by atoms with Crippen LogP contribution in [-0.2, 0) is 0 Å². The molecule has 1 amide bonds. The van der Waals surface area contributed by atoms with Crippen molar-refractivity contribution in [2.24, 2.45) is 5.10 Å². The zero-order chi connectivity index (χ0) is 13.7. The highest BCUT2D eigenvalue weighted by molar-refractivity contribution is 6.33. The standard InChI is InChI=1S/C13H9ClFN3O/c14-10-4-3-5-11(15)9(10)8-17-18-13(19)12-6-1-2-7-16-12/h1-8H,(H,18,19)/b17-8-. The number of hydrazone groups is 1. The normalized spacial score (nSPS) is 10.6. The van der Waals surface area contributed by atoms with Crippen molar-refractivity contribution in [2.45, 2.75) is 0 Å². The van der Waals surface area contributed by atoms with E-state index in [-0.39, 0.29) is 16.3 Å². The van der Waals surface area contributed by atoms with Crippen LogP contribution in [0.4, 0.5) is 4.39 Å². The molecule has 4 nitrogen and oxygen atoms in total. The first kappa shape index (κ1) is 13.2. The van der Waals surface area contributed by atoms with Crippen molar-refractivity contribution in [3.63, 3.8) is 0 Å². The van der Waals surface area contributed by atoms with Gasteiger partial charge in [-0.3, -0.25) is 9.78 Å². The largest absolute Gasteiger partial charge is 0.289 e. The number of aromatic nitrogens is 1. The number of halogens is 2. The summed E-state index contributed by atoms with van der Waals surface area (Å²) in [5.74, 6) is -0.993. The highest BCUT2D eigenvalue weighted by Crippen LogP contribution is 2.16. The quantitative estimate of drug-likeness (QED) is 0.693. The highest BCUT2D eigenvalue weighted by Gasteiger charge is 2.06. The number of hydrogen-bond donors (Lipinski definition) is 1. The monoisotopic (exact) mass is 277 g/mol. The average molecular weight is 278 g/mol. The molecule has 1 aromatic carbocycles. The predicted molar refractivity (Wildman–Crippen MR) is 70.7 cm³/mol. The molecule has 0 bridgehead atoms. The number of benzene rings is 1. The molecule has 19 heavy (non-hydrogen) atoms. The topological polar surface area (TPSA) is 54.4 Å². The van der Waals surface area contributed by atoms with Crippen molar-refractivity contribution in [1.82, 2.24) is 10.4 Å². The minimum absolute atomic E-state index is 0.116. The Kier molecular flexibility index (Phi) is 4.20. The number of amides is 1. The molecule has 6 heteroatoms. The number of nitrogens with one attached hydrogen (secondary N) is 1. The molecule has 1 heterocycles. The lowest BCUT2D eigenvalue weighted by atomic mass is 10.2. The van der Waals surface area contributed by atoms with Gasteiger partial charge < -0.3 is 0 Å². The van der Waals surface area contributed by atoms with Crippen molar-refractivity contribution in [1.29, 1.82) is 0 Å². The zero-order valence-corrected chi connectivity index (χ0v) is 10.4. The van der Waals surface area contributed by atoms with Gasteiger partial charge in [-0.25, -0.2) is 9.82 Å². The lowest BCUT2D eigenvalue weighted by Crippen LogP contribution is -2.18. The summed E-state index contributed by atoms with van der Waals surface area (Å²) in [5, 5.41) is 3.87. The molecule has 0 aliphatic rings. The van der Waals surface area contributed by atoms with E-state index in [0.29, 0.717) is 0 Å². The Labute approximate surface area is 113 Å². The van der Waals surface area contributed by atoms with Gasteiger partial charge in [0.25, 0.3) is 5.91 Å². The van der Waals surface area contributed by atoms with Crippen molar-refractivity contribution < 1.29 is 9.18 Å². The Morgan fingerprint density at radius 1 is 1.32 bits per heavy atom. The number of nitrogens with zero attached hydrogens (tertiary/aromatic N) is 2. The molecule has 0 fully saturated rings. The first-order valence-corrected chi connectivity index (χ1v) is 5.75. The Balaban J connectivity index is 2.07. The lowest BCUT2D eigenvalue weighted by Gasteiger charge is -2.00. The third-order valence-corrected chi connectivity index (χ3v) is 2.59. The SMILES string of the molecule is O=C(N/N=C\c1c(F)cccc1Cl)c1ccccn1. The van der Waals surface area contributed by atoms with Crippen LogP contribution in [-0.4, -0.2) is 17.1 Å². The van der Waals surface area contributed by atoms with Gasteiger partial charge in [0, 0.05) is 11.8 Å². The second kappa shape index (κ2) is 6.06. The van der Waals surface area contributed by atoms with E-state index < -0.39 is 11.7 Å². The maximum Gasteiger partial charge on any atom is 0.289 e. The van der Waals surface area contributed by atoms with Gasteiger partial charge >= 0.3 is 0 Å². The van der Waals surface area contributed by atoms with E-state index in [2.05, 4.69) is 15.5 Å². The number of carbonyl (C=O) groups excluding carboxylic acids is 1.